The SMILES string of the molecule is CCOC(=O)C(=O)Nc1cc(N2CC(CNC(=O)c3ccc(Cl)s3)OC2=O)ccc1N1CCCCC1. The average Bonchev–Trinajstić information content (AvgIpc) is 3.48. The second-order valence-corrected chi connectivity index (χ2v) is 10.1. The number of piperidine rings is 1. The highest BCUT2D eigenvalue weighted by atomic mass is 35.5. The zero-order valence-corrected chi connectivity index (χ0v) is 21.3. The van der Waals surface area contributed by atoms with Crippen molar-refractivity contribution in [1.82, 2.24) is 5.32 Å². The van der Waals surface area contributed by atoms with Crippen molar-refractivity contribution < 1.29 is 28.7 Å². The number of esters is 1. The summed E-state index contributed by atoms with van der Waals surface area (Å²) in [6.07, 6.45) is 2.06. The Morgan fingerprint density at radius 3 is 2.64 bits per heavy atom. The summed E-state index contributed by atoms with van der Waals surface area (Å²) >= 11 is 7.05. The minimum Gasteiger partial charge on any atom is -0.459 e. The molecule has 2 aliphatic rings. The van der Waals surface area contributed by atoms with Gasteiger partial charge in [-0.05, 0) is 56.5 Å². The number of anilines is 3. The van der Waals surface area contributed by atoms with E-state index in [4.69, 9.17) is 21.1 Å². The standard InChI is InChI=1S/C24H27ClN4O6S/c1-2-34-23(32)22(31)27-17-12-15(6-7-18(17)28-10-4-3-5-11-28)29-14-16(35-24(29)33)13-26-21(30)19-8-9-20(25)36-19/h6-9,12,16H,2-5,10-11,13-14H2,1H3,(H,26,30)(H,27,31). The number of ether oxygens (including phenoxy) is 2. The van der Waals surface area contributed by atoms with Crippen LogP contribution in [0.25, 0.3) is 0 Å². The molecule has 0 radical (unpaired) electrons. The fourth-order valence-electron chi connectivity index (χ4n) is 4.14. The zero-order chi connectivity index (χ0) is 25.7. The van der Waals surface area contributed by atoms with Crippen LogP contribution in [0.4, 0.5) is 21.9 Å². The van der Waals surface area contributed by atoms with Crippen LogP contribution in [0.15, 0.2) is 30.3 Å². The molecule has 2 N–H and O–H groups in total. The lowest BCUT2D eigenvalue weighted by Gasteiger charge is -2.31. The number of nitrogens with zero attached hydrogens (tertiary/aromatic N) is 2. The molecule has 2 fully saturated rings. The number of amides is 3. The summed E-state index contributed by atoms with van der Waals surface area (Å²) in [4.78, 5) is 53.3. The van der Waals surface area contributed by atoms with Crippen molar-refractivity contribution in [2.45, 2.75) is 32.3 Å². The Bertz CT molecular complexity index is 1150. The number of thiophene rings is 1. The van der Waals surface area contributed by atoms with Gasteiger partial charge in [0.1, 0.15) is 6.10 Å². The predicted molar refractivity (Wildman–Crippen MR) is 137 cm³/mol. The number of rotatable bonds is 7. The molecule has 3 amide bonds. The van der Waals surface area contributed by atoms with Crippen LogP contribution >= 0.6 is 22.9 Å². The Hall–Kier alpha value is -3.31. The van der Waals surface area contributed by atoms with Gasteiger partial charge in [0.05, 0.1) is 40.3 Å². The molecule has 0 spiro atoms. The van der Waals surface area contributed by atoms with Gasteiger partial charge in [-0.25, -0.2) is 9.59 Å². The van der Waals surface area contributed by atoms with E-state index in [1.165, 1.54) is 4.90 Å². The average molecular weight is 535 g/mol. The van der Waals surface area contributed by atoms with E-state index in [9.17, 15) is 19.2 Å². The lowest BCUT2D eigenvalue weighted by atomic mass is 10.1. The minimum absolute atomic E-state index is 0.0857. The summed E-state index contributed by atoms with van der Waals surface area (Å²) in [5.41, 5.74) is 1.67. The Balaban J connectivity index is 1.48. The van der Waals surface area contributed by atoms with Crippen molar-refractivity contribution in [3.63, 3.8) is 0 Å². The second kappa shape index (κ2) is 11.6. The number of hydrogen-bond donors (Lipinski definition) is 2. The van der Waals surface area contributed by atoms with Gasteiger partial charge in [-0.1, -0.05) is 11.6 Å². The highest BCUT2D eigenvalue weighted by molar-refractivity contribution is 7.18. The fourth-order valence-corrected chi connectivity index (χ4v) is 5.10. The lowest BCUT2D eigenvalue weighted by Crippen LogP contribution is -2.34. The first-order valence-electron chi connectivity index (χ1n) is 11.7. The highest BCUT2D eigenvalue weighted by Gasteiger charge is 2.33. The molecule has 10 nitrogen and oxygen atoms in total. The van der Waals surface area contributed by atoms with Crippen LogP contribution in [-0.2, 0) is 19.1 Å². The molecule has 1 aromatic heterocycles. The largest absolute Gasteiger partial charge is 0.459 e. The van der Waals surface area contributed by atoms with Gasteiger partial charge in [0.15, 0.2) is 0 Å². The molecule has 0 aliphatic carbocycles. The third-order valence-electron chi connectivity index (χ3n) is 5.86. The van der Waals surface area contributed by atoms with E-state index in [1.807, 2.05) is 6.07 Å². The molecule has 12 heteroatoms. The van der Waals surface area contributed by atoms with E-state index in [1.54, 1.807) is 31.2 Å². The number of carbonyl (C=O) groups excluding carboxylic acids is 4. The quantitative estimate of drug-likeness (QED) is 0.411. The van der Waals surface area contributed by atoms with Gasteiger partial charge in [-0.15, -0.1) is 11.3 Å². The molecule has 0 bridgehead atoms. The molecule has 1 unspecified atom stereocenters. The molecule has 1 aromatic carbocycles. The Morgan fingerprint density at radius 2 is 1.94 bits per heavy atom. The van der Waals surface area contributed by atoms with Crippen LogP contribution in [0, 0.1) is 0 Å². The van der Waals surface area contributed by atoms with Gasteiger partial charge >= 0.3 is 18.0 Å². The van der Waals surface area contributed by atoms with Crippen LogP contribution in [0.3, 0.4) is 0 Å². The second-order valence-electron chi connectivity index (χ2n) is 8.35. The summed E-state index contributed by atoms with van der Waals surface area (Å²) in [5, 5.41) is 5.40. The van der Waals surface area contributed by atoms with Gasteiger partial charge in [0.25, 0.3) is 5.91 Å². The summed E-state index contributed by atoms with van der Waals surface area (Å²) in [7, 11) is 0. The molecule has 0 saturated carbocycles. The maximum Gasteiger partial charge on any atom is 0.414 e. The number of carbonyl (C=O) groups is 4. The van der Waals surface area contributed by atoms with Crippen LogP contribution in [0.2, 0.25) is 4.34 Å². The van der Waals surface area contributed by atoms with Crippen molar-refractivity contribution in [1.29, 1.82) is 0 Å². The van der Waals surface area contributed by atoms with Crippen molar-refractivity contribution >= 4 is 63.9 Å². The van der Waals surface area contributed by atoms with E-state index >= 15 is 0 Å². The van der Waals surface area contributed by atoms with Gasteiger partial charge in [-0.2, -0.15) is 0 Å². The molecule has 2 aliphatic heterocycles. The van der Waals surface area contributed by atoms with Crippen molar-refractivity contribution in [3.8, 4) is 0 Å². The molecular weight excluding hydrogens is 508 g/mol. The predicted octanol–water partition coefficient (Wildman–Crippen LogP) is 3.65. The summed E-state index contributed by atoms with van der Waals surface area (Å²) in [6, 6.07) is 8.52. The molecular formula is C24H27ClN4O6S. The van der Waals surface area contributed by atoms with Gasteiger partial charge in [0, 0.05) is 18.8 Å². The highest BCUT2D eigenvalue weighted by Crippen LogP contribution is 2.34. The zero-order valence-electron chi connectivity index (χ0n) is 19.8. The number of benzene rings is 1. The van der Waals surface area contributed by atoms with Crippen molar-refractivity contribution in [2.75, 3.05) is 47.9 Å². The molecule has 3 heterocycles. The van der Waals surface area contributed by atoms with E-state index in [2.05, 4.69) is 15.5 Å². The monoisotopic (exact) mass is 534 g/mol. The Morgan fingerprint density at radius 1 is 1.17 bits per heavy atom. The van der Waals surface area contributed by atoms with Gasteiger partial charge in [0.2, 0.25) is 0 Å². The molecule has 4 rings (SSSR count). The number of halogens is 1. The number of nitrogens with one attached hydrogen (secondary N) is 2. The third-order valence-corrected chi connectivity index (χ3v) is 7.09. The first-order valence-corrected chi connectivity index (χ1v) is 12.9. The van der Waals surface area contributed by atoms with E-state index in [0.29, 0.717) is 20.6 Å². The molecule has 2 saturated heterocycles. The lowest BCUT2D eigenvalue weighted by molar-refractivity contribution is -0.152. The Labute approximate surface area is 217 Å². The van der Waals surface area contributed by atoms with Crippen molar-refractivity contribution in [3.05, 3.63) is 39.5 Å². The molecule has 2 aromatic rings. The summed E-state index contributed by atoms with van der Waals surface area (Å²) < 4.78 is 10.8. The van der Waals surface area contributed by atoms with Crippen molar-refractivity contribution in [2.24, 2.45) is 0 Å². The van der Waals surface area contributed by atoms with Crippen LogP contribution in [0.5, 0.6) is 0 Å². The maximum absolute atomic E-state index is 12.6. The van der Waals surface area contributed by atoms with E-state index < -0.39 is 24.1 Å². The summed E-state index contributed by atoms with van der Waals surface area (Å²) in [5.74, 6) is -2.15. The van der Waals surface area contributed by atoms with Crippen LogP contribution < -0.4 is 20.4 Å². The van der Waals surface area contributed by atoms with E-state index in [0.717, 1.165) is 49.4 Å². The summed E-state index contributed by atoms with van der Waals surface area (Å²) in [6.45, 7) is 3.70. The number of hydrogen-bond acceptors (Lipinski definition) is 8. The minimum atomic E-state index is -0.976. The number of cyclic esters (lactones) is 1. The first kappa shape index (κ1) is 25.8. The molecule has 1 atom stereocenters. The van der Waals surface area contributed by atoms with Gasteiger partial charge in [-0.3, -0.25) is 14.5 Å². The van der Waals surface area contributed by atoms with E-state index in [-0.39, 0.29) is 25.6 Å². The third kappa shape index (κ3) is 6.08. The smallest absolute Gasteiger partial charge is 0.414 e. The molecule has 36 heavy (non-hydrogen) atoms. The van der Waals surface area contributed by atoms with Crippen LogP contribution in [-0.4, -0.2) is 62.8 Å². The van der Waals surface area contributed by atoms with Gasteiger partial charge < -0.3 is 25.0 Å². The first-order chi connectivity index (χ1) is 17.4. The topological polar surface area (TPSA) is 117 Å². The molecule has 192 valence electrons. The van der Waals surface area contributed by atoms with Crippen LogP contribution in [0.1, 0.15) is 35.9 Å². The normalized spacial score (nSPS) is 17.5. The maximum atomic E-state index is 12.6. The fraction of sp³-hybridized carbons (Fsp3) is 0.417. The Kier molecular flexibility index (Phi) is 8.32.